The molecule has 2 aromatic rings. The number of nitrogens with one attached hydrogen (secondary N) is 1. The molecule has 0 radical (unpaired) electrons. The molecule has 0 spiro atoms. The first kappa shape index (κ1) is 18.2. The Morgan fingerprint density at radius 2 is 1.85 bits per heavy atom. The maximum absolute atomic E-state index is 12.1. The number of benzene rings is 1. The van der Waals surface area contributed by atoms with Crippen LogP contribution in [0.3, 0.4) is 0 Å². The Hall–Kier alpha value is -2.56. The molecule has 138 valence electrons. The lowest BCUT2D eigenvalue weighted by Gasteiger charge is -2.28. The van der Waals surface area contributed by atoms with Crippen LogP contribution in [0.1, 0.15) is 42.5 Å². The van der Waals surface area contributed by atoms with Gasteiger partial charge in [-0.15, -0.1) is 0 Å². The number of hydrogen-bond donors (Lipinski definition) is 2. The Kier molecular flexibility index (Phi) is 6.47. The summed E-state index contributed by atoms with van der Waals surface area (Å²) in [6, 6.07) is 12.9. The van der Waals surface area contributed by atoms with Crippen molar-refractivity contribution in [3.05, 3.63) is 54.2 Å². The van der Waals surface area contributed by atoms with Crippen molar-refractivity contribution in [1.29, 1.82) is 0 Å². The van der Waals surface area contributed by atoms with Gasteiger partial charge < -0.3 is 15.2 Å². The number of hydrogen-bond acceptors (Lipinski definition) is 4. The molecule has 0 saturated heterocycles. The molecule has 2 N–H and O–H groups in total. The fourth-order valence-corrected chi connectivity index (χ4v) is 3.48. The molecule has 1 amide bonds. The number of aromatic hydroxyl groups is 1. The summed E-state index contributed by atoms with van der Waals surface area (Å²) in [7, 11) is 0. The highest BCUT2D eigenvalue weighted by atomic mass is 16.5. The molecule has 1 aliphatic carbocycles. The Labute approximate surface area is 154 Å². The molecule has 26 heavy (non-hydrogen) atoms. The van der Waals surface area contributed by atoms with Gasteiger partial charge in [-0.1, -0.05) is 18.2 Å². The van der Waals surface area contributed by atoms with Gasteiger partial charge in [0.1, 0.15) is 5.75 Å². The number of para-hydroxylation sites is 1. The summed E-state index contributed by atoms with van der Waals surface area (Å²) in [5.41, 5.74) is 0.448. The van der Waals surface area contributed by atoms with Crippen molar-refractivity contribution in [2.45, 2.75) is 32.1 Å². The van der Waals surface area contributed by atoms with Crippen LogP contribution in [0, 0.1) is 11.8 Å². The van der Waals surface area contributed by atoms with Crippen LogP contribution in [-0.4, -0.2) is 29.1 Å². The monoisotopic (exact) mass is 354 g/mol. The zero-order valence-electron chi connectivity index (χ0n) is 14.9. The van der Waals surface area contributed by atoms with E-state index < -0.39 is 0 Å². The number of rotatable bonds is 7. The summed E-state index contributed by atoms with van der Waals surface area (Å²) >= 11 is 0. The maximum Gasteiger partial charge on any atom is 0.251 e. The third-order valence-corrected chi connectivity index (χ3v) is 5.06. The van der Waals surface area contributed by atoms with Gasteiger partial charge in [0.05, 0.1) is 6.61 Å². The molecule has 1 saturated carbocycles. The smallest absolute Gasteiger partial charge is 0.251 e. The molecule has 0 aliphatic heterocycles. The van der Waals surface area contributed by atoms with E-state index in [1.54, 1.807) is 6.07 Å². The van der Waals surface area contributed by atoms with Crippen LogP contribution in [0.2, 0.25) is 0 Å². The number of nitrogens with zero attached hydrogens (tertiary/aromatic N) is 1. The summed E-state index contributed by atoms with van der Waals surface area (Å²) in [4.78, 5) is 15.8. The molecule has 1 heterocycles. The summed E-state index contributed by atoms with van der Waals surface area (Å²) in [5.74, 6) is 1.89. The van der Waals surface area contributed by atoms with Gasteiger partial charge in [-0.3, -0.25) is 4.79 Å². The van der Waals surface area contributed by atoms with Crippen LogP contribution in [-0.2, 0) is 0 Å². The molecule has 1 fully saturated rings. The van der Waals surface area contributed by atoms with Gasteiger partial charge in [0.15, 0.2) is 0 Å². The van der Waals surface area contributed by atoms with E-state index in [0.29, 0.717) is 23.9 Å². The minimum atomic E-state index is -0.152. The van der Waals surface area contributed by atoms with E-state index in [1.165, 1.54) is 25.1 Å². The molecule has 5 heteroatoms. The van der Waals surface area contributed by atoms with Gasteiger partial charge in [0, 0.05) is 24.4 Å². The second-order valence-electron chi connectivity index (χ2n) is 6.95. The van der Waals surface area contributed by atoms with Crippen molar-refractivity contribution in [3.63, 3.8) is 0 Å². The highest BCUT2D eigenvalue weighted by Crippen LogP contribution is 2.30. The Morgan fingerprint density at radius 1 is 1.12 bits per heavy atom. The zero-order chi connectivity index (χ0) is 18.2. The van der Waals surface area contributed by atoms with Crippen LogP contribution in [0.5, 0.6) is 11.6 Å². The Bertz CT molecular complexity index is 697. The topological polar surface area (TPSA) is 71.5 Å². The van der Waals surface area contributed by atoms with Crippen molar-refractivity contribution >= 4 is 5.91 Å². The summed E-state index contributed by atoms with van der Waals surface area (Å²) in [6.45, 7) is 1.46. The van der Waals surface area contributed by atoms with Gasteiger partial charge in [-0.2, -0.15) is 0 Å². The lowest BCUT2D eigenvalue weighted by atomic mass is 9.80. The van der Waals surface area contributed by atoms with Crippen LogP contribution >= 0.6 is 0 Å². The van der Waals surface area contributed by atoms with Crippen LogP contribution in [0.4, 0.5) is 0 Å². The van der Waals surface area contributed by atoms with Crippen LogP contribution in [0.25, 0.3) is 0 Å². The van der Waals surface area contributed by atoms with E-state index in [9.17, 15) is 9.90 Å². The third-order valence-electron chi connectivity index (χ3n) is 5.06. The first-order valence-electron chi connectivity index (χ1n) is 9.32. The molecule has 1 aliphatic rings. The number of amides is 1. The normalized spacial score (nSPS) is 19.7. The van der Waals surface area contributed by atoms with Crippen LogP contribution < -0.4 is 10.1 Å². The molecule has 1 aromatic heterocycles. The first-order valence-corrected chi connectivity index (χ1v) is 9.32. The molecule has 0 unspecified atom stereocenters. The number of carbonyl (C=O) groups is 1. The largest absolute Gasteiger partial charge is 0.494 e. The zero-order valence-corrected chi connectivity index (χ0v) is 14.9. The molecule has 0 atom stereocenters. The van der Waals surface area contributed by atoms with E-state index in [4.69, 9.17) is 4.74 Å². The van der Waals surface area contributed by atoms with Gasteiger partial charge in [-0.05, 0) is 62.1 Å². The average Bonchev–Trinajstić information content (AvgIpc) is 2.68. The first-order chi connectivity index (χ1) is 12.7. The number of ether oxygens (including phenoxy) is 1. The van der Waals surface area contributed by atoms with E-state index >= 15 is 0 Å². The van der Waals surface area contributed by atoms with E-state index in [1.807, 2.05) is 30.3 Å². The van der Waals surface area contributed by atoms with Gasteiger partial charge in [-0.25, -0.2) is 4.98 Å². The molecule has 0 bridgehead atoms. The standard InChI is InChI=1S/C21H26N2O3/c24-20-14-18(10-12-22-20)21(25)23-15-17-8-6-16(7-9-17)11-13-26-19-4-2-1-3-5-19/h1-5,10,12,14,16-17H,6-9,11,13,15H2,(H,22,24)(H,23,25)/t16-,17+. The SMILES string of the molecule is O=C(NC[C@H]1CC[C@@H](CCOc2ccccc2)CC1)c1ccnc(O)c1. The molecular formula is C21H26N2O3. The van der Waals surface area contributed by atoms with Crippen molar-refractivity contribution in [3.8, 4) is 11.6 Å². The van der Waals surface area contributed by atoms with Crippen molar-refractivity contribution in [2.75, 3.05) is 13.2 Å². The fourth-order valence-electron chi connectivity index (χ4n) is 3.48. The van der Waals surface area contributed by atoms with Gasteiger partial charge in [0.25, 0.3) is 5.91 Å². The average molecular weight is 354 g/mol. The van der Waals surface area contributed by atoms with Crippen LogP contribution in [0.15, 0.2) is 48.7 Å². The van der Waals surface area contributed by atoms with Gasteiger partial charge >= 0.3 is 0 Å². The Balaban J connectivity index is 1.33. The second kappa shape index (κ2) is 9.22. The Morgan fingerprint density at radius 3 is 2.58 bits per heavy atom. The minimum absolute atomic E-state index is 0.129. The fraction of sp³-hybridized carbons (Fsp3) is 0.429. The van der Waals surface area contributed by atoms with Crippen molar-refractivity contribution < 1.29 is 14.6 Å². The maximum atomic E-state index is 12.1. The third kappa shape index (κ3) is 5.48. The molecule has 3 rings (SSSR count). The van der Waals surface area contributed by atoms with E-state index in [-0.39, 0.29) is 11.8 Å². The summed E-state index contributed by atoms with van der Waals surface area (Å²) in [6.07, 6.45) is 7.18. The van der Waals surface area contributed by atoms with Crippen molar-refractivity contribution in [1.82, 2.24) is 10.3 Å². The minimum Gasteiger partial charge on any atom is -0.494 e. The highest BCUT2D eigenvalue weighted by molar-refractivity contribution is 5.94. The molecular weight excluding hydrogens is 328 g/mol. The number of aromatic nitrogens is 1. The lowest BCUT2D eigenvalue weighted by molar-refractivity contribution is 0.0940. The molecule has 1 aromatic carbocycles. The van der Waals surface area contributed by atoms with Crippen molar-refractivity contribution in [2.24, 2.45) is 11.8 Å². The second-order valence-corrected chi connectivity index (χ2v) is 6.95. The predicted molar refractivity (Wildman–Crippen MR) is 100 cm³/mol. The summed E-state index contributed by atoms with van der Waals surface area (Å²) < 4.78 is 5.79. The highest BCUT2D eigenvalue weighted by Gasteiger charge is 2.21. The van der Waals surface area contributed by atoms with E-state index in [0.717, 1.165) is 31.6 Å². The number of pyridine rings is 1. The lowest BCUT2D eigenvalue weighted by Crippen LogP contribution is -2.31. The number of carbonyl (C=O) groups excluding carboxylic acids is 1. The predicted octanol–water partition coefficient (Wildman–Crippen LogP) is 3.79. The quantitative estimate of drug-likeness (QED) is 0.793. The van der Waals surface area contributed by atoms with Gasteiger partial charge in [0.2, 0.25) is 5.88 Å². The summed E-state index contributed by atoms with van der Waals surface area (Å²) in [5, 5.41) is 12.3. The molecule has 5 nitrogen and oxygen atoms in total. The van der Waals surface area contributed by atoms with E-state index in [2.05, 4.69) is 10.3 Å².